The minimum atomic E-state index is -0.424. The SMILES string of the molecule is CCCOc1cccc2c1[nH]c(=S)n2CC(N)=O. The van der Waals surface area contributed by atoms with Gasteiger partial charge in [-0.3, -0.25) is 4.79 Å². The number of aromatic amines is 1. The van der Waals surface area contributed by atoms with E-state index in [1.165, 1.54) is 0 Å². The number of nitrogens with one attached hydrogen (secondary N) is 1. The van der Waals surface area contributed by atoms with Crippen molar-refractivity contribution < 1.29 is 9.53 Å². The van der Waals surface area contributed by atoms with Crippen molar-refractivity contribution in [2.24, 2.45) is 5.73 Å². The molecule has 0 aliphatic rings. The first-order valence-corrected chi connectivity index (χ1v) is 6.17. The number of rotatable bonds is 5. The number of H-pyrrole nitrogens is 1. The highest BCUT2D eigenvalue weighted by Crippen LogP contribution is 2.24. The van der Waals surface area contributed by atoms with Crippen molar-refractivity contribution >= 4 is 29.2 Å². The molecule has 1 heterocycles. The Hall–Kier alpha value is -1.82. The van der Waals surface area contributed by atoms with E-state index >= 15 is 0 Å². The van der Waals surface area contributed by atoms with Gasteiger partial charge in [-0.1, -0.05) is 13.0 Å². The van der Waals surface area contributed by atoms with E-state index in [0.29, 0.717) is 11.4 Å². The van der Waals surface area contributed by atoms with Crippen molar-refractivity contribution in [2.45, 2.75) is 19.9 Å². The summed E-state index contributed by atoms with van der Waals surface area (Å²) in [6.07, 6.45) is 0.930. The van der Waals surface area contributed by atoms with Crippen molar-refractivity contribution in [3.05, 3.63) is 23.0 Å². The molecule has 18 heavy (non-hydrogen) atoms. The molecule has 0 fully saturated rings. The van der Waals surface area contributed by atoms with Crippen LogP contribution < -0.4 is 10.5 Å². The van der Waals surface area contributed by atoms with Crippen molar-refractivity contribution in [3.8, 4) is 5.75 Å². The molecule has 1 amide bonds. The molecular weight excluding hydrogens is 250 g/mol. The summed E-state index contributed by atoms with van der Waals surface area (Å²) >= 11 is 5.19. The van der Waals surface area contributed by atoms with Gasteiger partial charge in [-0.05, 0) is 30.8 Å². The predicted octanol–water partition coefficient (Wildman–Crippen LogP) is 1.97. The highest BCUT2D eigenvalue weighted by Gasteiger charge is 2.10. The number of nitrogens with two attached hydrogens (primary N) is 1. The Morgan fingerprint density at radius 2 is 2.33 bits per heavy atom. The summed E-state index contributed by atoms with van der Waals surface area (Å²) in [6, 6.07) is 5.62. The normalized spacial score (nSPS) is 10.7. The highest BCUT2D eigenvalue weighted by atomic mass is 32.1. The van der Waals surface area contributed by atoms with E-state index in [-0.39, 0.29) is 6.54 Å². The largest absolute Gasteiger partial charge is 0.491 e. The summed E-state index contributed by atoms with van der Waals surface area (Å²) < 4.78 is 7.78. The van der Waals surface area contributed by atoms with Gasteiger partial charge in [0, 0.05) is 0 Å². The number of imidazole rings is 1. The van der Waals surface area contributed by atoms with Crippen LogP contribution in [0.5, 0.6) is 5.75 Å². The minimum absolute atomic E-state index is 0.0655. The van der Waals surface area contributed by atoms with Crippen molar-refractivity contribution in [3.63, 3.8) is 0 Å². The van der Waals surface area contributed by atoms with Gasteiger partial charge in [0.15, 0.2) is 4.77 Å². The summed E-state index contributed by atoms with van der Waals surface area (Å²) in [5.74, 6) is 0.315. The van der Waals surface area contributed by atoms with Crippen LogP contribution in [0, 0.1) is 4.77 Å². The molecule has 5 nitrogen and oxygen atoms in total. The van der Waals surface area contributed by atoms with Crippen LogP contribution in [0.4, 0.5) is 0 Å². The molecule has 0 aliphatic carbocycles. The Labute approximate surface area is 110 Å². The van der Waals surface area contributed by atoms with Crippen LogP contribution in [0.1, 0.15) is 13.3 Å². The first-order valence-electron chi connectivity index (χ1n) is 5.76. The zero-order chi connectivity index (χ0) is 13.1. The molecule has 3 N–H and O–H groups in total. The van der Waals surface area contributed by atoms with Crippen LogP contribution in [0.2, 0.25) is 0 Å². The second-order valence-corrected chi connectivity index (χ2v) is 4.37. The molecule has 0 saturated heterocycles. The van der Waals surface area contributed by atoms with Gasteiger partial charge >= 0.3 is 0 Å². The number of para-hydroxylation sites is 1. The molecule has 0 aliphatic heterocycles. The first kappa shape index (κ1) is 12.6. The molecule has 96 valence electrons. The molecule has 1 aromatic heterocycles. The Balaban J connectivity index is 2.52. The average Bonchev–Trinajstić information content (AvgIpc) is 2.64. The van der Waals surface area contributed by atoms with E-state index in [4.69, 9.17) is 22.7 Å². The fraction of sp³-hybridized carbons (Fsp3) is 0.333. The van der Waals surface area contributed by atoms with E-state index < -0.39 is 5.91 Å². The third kappa shape index (κ3) is 2.38. The smallest absolute Gasteiger partial charge is 0.237 e. The number of hydrogen-bond donors (Lipinski definition) is 2. The molecule has 0 bridgehead atoms. The predicted molar refractivity (Wildman–Crippen MR) is 72.1 cm³/mol. The van der Waals surface area contributed by atoms with Crippen LogP contribution in [0.15, 0.2) is 18.2 Å². The van der Waals surface area contributed by atoms with Gasteiger partial charge in [-0.15, -0.1) is 0 Å². The van der Waals surface area contributed by atoms with Crippen LogP contribution in [0.3, 0.4) is 0 Å². The molecule has 0 atom stereocenters. The standard InChI is InChI=1S/C12H15N3O2S/c1-2-6-17-9-5-3-4-8-11(9)14-12(18)15(8)7-10(13)16/h3-5H,2,6-7H2,1H3,(H2,13,16)(H,14,18). The molecule has 2 aromatic rings. The lowest BCUT2D eigenvalue weighted by Gasteiger charge is -2.06. The lowest BCUT2D eigenvalue weighted by molar-refractivity contribution is -0.118. The number of aromatic nitrogens is 2. The molecule has 0 radical (unpaired) electrons. The van der Waals surface area contributed by atoms with Crippen LogP contribution >= 0.6 is 12.2 Å². The third-order valence-electron chi connectivity index (χ3n) is 2.55. The summed E-state index contributed by atoms with van der Waals surface area (Å²) in [5.41, 5.74) is 6.84. The zero-order valence-corrected chi connectivity index (χ0v) is 10.9. The number of carbonyl (C=O) groups is 1. The number of fused-ring (bicyclic) bond motifs is 1. The third-order valence-corrected chi connectivity index (χ3v) is 2.87. The van der Waals surface area contributed by atoms with Crippen molar-refractivity contribution in [2.75, 3.05) is 6.61 Å². The average molecular weight is 265 g/mol. The second kappa shape index (κ2) is 5.22. The Bertz CT molecular complexity index is 630. The fourth-order valence-corrected chi connectivity index (χ4v) is 2.06. The molecule has 0 spiro atoms. The van der Waals surface area contributed by atoms with Gasteiger partial charge < -0.3 is 20.0 Å². The van der Waals surface area contributed by atoms with Gasteiger partial charge in [0.2, 0.25) is 5.91 Å². The Morgan fingerprint density at radius 1 is 1.56 bits per heavy atom. The molecule has 0 unspecified atom stereocenters. The number of primary amides is 1. The quantitative estimate of drug-likeness (QED) is 0.812. The molecule has 1 aromatic carbocycles. The van der Waals surface area contributed by atoms with Crippen LogP contribution in [-0.4, -0.2) is 22.1 Å². The lowest BCUT2D eigenvalue weighted by atomic mass is 10.3. The van der Waals surface area contributed by atoms with Gasteiger partial charge in [0.1, 0.15) is 17.8 Å². The number of amides is 1. The maximum Gasteiger partial charge on any atom is 0.237 e. The summed E-state index contributed by atoms with van der Waals surface area (Å²) in [7, 11) is 0. The number of benzene rings is 1. The van der Waals surface area contributed by atoms with Crippen molar-refractivity contribution in [1.29, 1.82) is 0 Å². The highest BCUT2D eigenvalue weighted by molar-refractivity contribution is 7.71. The van der Waals surface area contributed by atoms with E-state index in [0.717, 1.165) is 23.2 Å². The topological polar surface area (TPSA) is 73.0 Å². The number of nitrogens with zero attached hydrogens (tertiary/aromatic N) is 1. The maximum atomic E-state index is 11.0. The summed E-state index contributed by atoms with van der Waals surface area (Å²) in [6.45, 7) is 2.75. The monoisotopic (exact) mass is 265 g/mol. The van der Waals surface area contributed by atoms with E-state index in [1.807, 2.05) is 25.1 Å². The van der Waals surface area contributed by atoms with Gasteiger partial charge in [-0.2, -0.15) is 0 Å². The van der Waals surface area contributed by atoms with Crippen molar-refractivity contribution in [1.82, 2.24) is 9.55 Å². The second-order valence-electron chi connectivity index (χ2n) is 3.98. The summed E-state index contributed by atoms with van der Waals surface area (Å²) in [5, 5.41) is 0. The maximum absolute atomic E-state index is 11.0. The molecule has 2 rings (SSSR count). The van der Waals surface area contributed by atoms with E-state index in [1.54, 1.807) is 4.57 Å². The molecule has 0 saturated carbocycles. The Morgan fingerprint density at radius 3 is 3.00 bits per heavy atom. The van der Waals surface area contributed by atoms with Gasteiger partial charge in [0.25, 0.3) is 0 Å². The fourth-order valence-electron chi connectivity index (χ4n) is 1.80. The lowest BCUT2D eigenvalue weighted by Crippen LogP contribution is -2.18. The van der Waals surface area contributed by atoms with Gasteiger partial charge in [-0.25, -0.2) is 0 Å². The van der Waals surface area contributed by atoms with Crippen LogP contribution in [-0.2, 0) is 11.3 Å². The minimum Gasteiger partial charge on any atom is -0.491 e. The number of hydrogen-bond acceptors (Lipinski definition) is 3. The zero-order valence-electron chi connectivity index (χ0n) is 10.1. The number of carbonyl (C=O) groups excluding carboxylic acids is 1. The van der Waals surface area contributed by atoms with Crippen LogP contribution in [0.25, 0.3) is 11.0 Å². The van der Waals surface area contributed by atoms with E-state index in [2.05, 4.69) is 4.98 Å². The molecule has 6 heteroatoms. The molecular formula is C12H15N3O2S. The first-order chi connectivity index (χ1) is 8.63. The van der Waals surface area contributed by atoms with E-state index in [9.17, 15) is 4.79 Å². The Kier molecular flexibility index (Phi) is 3.66. The summed E-state index contributed by atoms with van der Waals surface area (Å²) in [4.78, 5) is 14.1. The van der Waals surface area contributed by atoms with Gasteiger partial charge in [0.05, 0.1) is 12.1 Å². The number of ether oxygens (including phenoxy) is 1.